The topological polar surface area (TPSA) is 67.6 Å². The molecule has 5 nitrogen and oxygen atoms in total. The van der Waals surface area contributed by atoms with Gasteiger partial charge >= 0.3 is 0 Å². The van der Waals surface area contributed by atoms with Crippen LogP contribution in [-0.2, 0) is 11.3 Å². The predicted molar refractivity (Wildman–Crippen MR) is 83.9 cm³/mol. The van der Waals surface area contributed by atoms with E-state index in [0.717, 1.165) is 23.4 Å². The number of carbonyl (C=O) groups excluding carboxylic acids is 1. The van der Waals surface area contributed by atoms with E-state index >= 15 is 0 Å². The summed E-state index contributed by atoms with van der Waals surface area (Å²) in [5.74, 6) is 6.64. The first kappa shape index (κ1) is 17.0. The number of carbonyl (C=O) groups is 1. The SMILES string of the molecule is CNC(=O)CCN(C)Cc1ccc(OC)c(C#CCN)c1. The molecule has 1 aromatic rings. The Labute approximate surface area is 126 Å². The molecule has 1 amide bonds. The number of amides is 1. The van der Waals surface area contributed by atoms with Gasteiger partial charge in [-0.2, -0.15) is 0 Å². The number of ether oxygens (including phenoxy) is 1. The molecule has 0 bridgehead atoms. The number of hydrogen-bond acceptors (Lipinski definition) is 4. The van der Waals surface area contributed by atoms with Crippen molar-refractivity contribution in [2.45, 2.75) is 13.0 Å². The summed E-state index contributed by atoms with van der Waals surface area (Å²) in [6.07, 6.45) is 0.489. The van der Waals surface area contributed by atoms with E-state index in [1.54, 1.807) is 14.2 Å². The third-order valence-corrected chi connectivity index (χ3v) is 3.04. The van der Waals surface area contributed by atoms with Crippen LogP contribution in [0.3, 0.4) is 0 Å². The summed E-state index contributed by atoms with van der Waals surface area (Å²) in [6.45, 7) is 1.77. The van der Waals surface area contributed by atoms with Gasteiger partial charge in [-0.25, -0.2) is 0 Å². The first-order chi connectivity index (χ1) is 10.1. The highest BCUT2D eigenvalue weighted by Crippen LogP contribution is 2.19. The molecule has 0 aromatic heterocycles. The Hall–Kier alpha value is -2.03. The number of nitrogens with one attached hydrogen (secondary N) is 1. The van der Waals surface area contributed by atoms with Crippen LogP contribution in [0.5, 0.6) is 5.75 Å². The number of methoxy groups -OCH3 is 1. The fraction of sp³-hybridized carbons (Fsp3) is 0.438. The van der Waals surface area contributed by atoms with Gasteiger partial charge < -0.3 is 20.7 Å². The minimum atomic E-state index is 0.0473. The largest absolute Gasteiger partial charge is 0.495 e. The minimum absolute atomic E-state index is 0.0473. The molecule has 21 heavy (non-hydrogen) atoms. The molecule has 5 heteroatoms. The first-order valence-corrected chi connectivity index (χ1v) is 6.85. The number of benzene rings is 1. The van der Waals surface area contributed by atoms with E-state index < -0.39 is 0 Å². The van der Waals surface area contributed by atoms with E-state index in [0.29, 0.717) is 19.5 Å². The van der Waals surface area contributed by atoms with Crippen molar-refractivity contribution in [3.63, 3.8) is 0 Å². The van der Waals surface area contributed by atoms with Crippen LogP contribution in [0.4, 0.5) is 0 Å². The van der Waals surface area contributed by atoms with Gasteiger partial charge in [-0.3, -0.25) is 4.79 Å². The van der Waals surface area contributed by atoms with E-state index in [9.17, 15) is 4.79 Å². The second kappa shape index (κ2) is 9.01. The van der Waals surface area contributed by atoms with Crippen molar-refractivity contribution in [3.05, 3.63) is 29.3 Å². The smallest absolute Gasteiger partial charge is 0.221 e. The maximum Gasteiger partial charge on any atom is 0.221 e. The van der Waals surface area contributed by atoms with E-state index in [4.69, 9.17) is 10.5 Å². The molecule has 0 aliphatic rings. The Balaban J connectivity index is 2.72. The zero-order chi connectivity index (χ0) is 15.7. The number of nitrogens with two attached hydrogens (primary N) is 1. The van der Waals surface area contributed by atoms with Crippen molar-refractivity contribution in [3.8, 4) is 17.6 Å². The zero-order valence-corrected chi connectivity index (χ0v) is 12.9. The van der Waals surface area contributed by atoms with E-state index in [2.05, 4.69) is 22.1 Å². The fourth-order valence-corrected chi connectivity index (χ4v) is 1.91. The molecule has 0 spiro atoms. The maximum absolute atomic E-state index is 11.2. The highest BCUT2D eigenvalue weighted by molar-refractivity contribution is 5.75. The third kappa shape index (κ3) is 5.86. The Morgan fingerprint density at radius 3 is 2.86 bits per heavy atom. The zero-order valence-electron chi connectivity index (χ0n) is 12.9. The van der Waals surface area contributed by atoms with E-state index in [1.807, 2.05) is 25.2 Å². The van der Waals surface area contributed by atoms with Gasteiger partial charge in [0.25, 0.3) is 0 Å². The Morgan fingerprint density at radius 1 is 1.48 bits per heavy atom. The molecule has 3 N–H and O–H groups in total. The molecule has 0 unspecified atom stereocenters. The summed E-state index contributed by atoms with van der Waals surface area (Å²) in [5, 5.41) is 2.62. The molecule has 0 aliphatic heterocycles. The van der Waals surface area contributed by atoms with Crippen LogP contribution < -0.4 is 15.8 Å². The molecule has 0 fully saturated rings. The maximum atomic E-state index is 11.2. The molecule has 114 valence electrons. The highest BCUT2D eigenvalue weighted by atomic mass is 16.5. The lowest BCUT2D eigenvalue weighted by Crippen LogP contribution is -2.26. The van der Waals surface area contributed by atoms with Gasteiger partial charge in [0.1, 0.15) is 5.75 Å². The Morgan fingerprint density at radius 2 is 2.24 bits per heavy atom. The van der Waals surface area contributed by atoms with Gasteiger partial charge in [0.15, 0.2) is 0 Å². The number of nitrogens with zero attached hydrogens (tertiary/aromatic N) is 1. The molecule has 0 atom stereocenters. The van der Waals surface area contributed by atoms with Crippen molar-refractivity contribution < 1.29 is 9.53 Å². The minimum Gasteiger partial charge on any atom is -0.495 e. The molecule has 0 radical (unpaired) electrons. The van der Waals surface area contributed by atoms with Crippen LogP contribution in [0.2, 0.25) is 0 Å². The summed E-state index contributed by atoms with van der Waals surface area (Å²) >= 11 is 0. The highest BCUT2D eigenvalue weighted by Gasteiger charge is 2.06. The van der Waals surface area contributed by atoms with E-state index in [1.165, 1.54) is 0 Å². The van der Waals surface area contributed by atoms with Crippen LogP contribution in [0.1, 0.15) is 17.5 Å². The van der Waals surface area contributed by atoms with E-state index in [-0.39, 0.29) is 5.91 Å². The summed E-state index contributed by atoms with van der Waals surface area (Å²) in [4.78, 5) is 13.3. The predicted octanol–water partition coefficient (Wildman–Crippen LogP) is 0.573. The molecule has 1 rings (SSSR count). The summed E-state index contributed by atoms with van der Waals surface area (Å²) < 4.78 is 5.29. The molecule has 0 saturated carbocycles. The molecular weight excluding hydrogens is 266 g/mol. The average molecular weight is 289 g/mol. The van der Waals surface area contributed by atoms with Crippen molar-refractivity contribution in [1.29, 1.82) is 0 Å². The Bertz CT molecular complexity index is 532. The number of rotatable bonds is 6. The normalized spacial score (nSPS) is 9.95. The summed E-state index contributed by atoms with van der Waals surface area (Å²) in [5.41, 5.74) is 7.36. The van der Waals surface area contributed by atoms with Crippen molar-refractivity contribution in [2.24, 2.45) is 5.73 Å². The van der Waals surface area contributed by atoms with Crippen LogP contribution >= 0.6 is 0 Å². The van der Waals surface area contributed by atoms with Crippen molar-refractivity contribution in [2.75, 3.05) is 34.3 Å². The third-order valence-electron chi connectivity index (χ3n) is 3.04. The van der Waals surface area contributed by atoms with Crippen molar-refractivity contribution >= 4 is 5.91 Å². The van der Waals surface area contributed by atoms with Gasteiger partial charge in [-0.15, -0.1) is 0 Å². The van der Waals surface area contributed by atoms with Gasteiger partial charge in [0.2, 0.25) is 5.91 Å². The van der Waals surface area contributed by atoms with Crippen LogP contribution in [-0.4, -0.2) is 45.1 Å². The standard InChI is InChI=1S/C16H23N3O2/c1-18-16(20)8-10-19(2)12-13-6-7-15(21-3)14(11-13)5-4-9-17/h6-7,11H,8-10,12,17H2,1-3H3,(H,18,20). The van der Waals surface area contributed by atoms with Crippen LogP contribution in [0.25, 0.3) is 0 Å². The Kier molecular flexibility index (Phi) is 7.30. The van der Waals surface area contributed by atoms with Gasteiger partial charge in [-0.05, 0) is 24.7 Å². The lowest BCUT2D eigenvalue weighted by Gasteiger charge is -2.16. The molecule has 1 aromatic carbocycles. The molecule has 0 saturated heterocycles. The monoisotopic (exact) mass is 289 g/mol. The molecular formula is C16H23N3O2. The van der Waals surface area contributed by atoms with Gasteiger partial charge in [-0.1, -0.05) is 17.9 Å². The van der Waals surface area contributed by atoms with Gasteiger partial charge in [0, 0.05) is 26.6 Å². The second-order valence-electron chi connectivity index (χ2n) is 4.70. The lowest BCUT2D eigenvalue weighted by atomic mass is 10.1. The van der Waals surface area contributed by atoms with Crippen LogP contribution in [0, 0.1) is 11.8 Å². The molecule has 0 heterocycles. The lowest BCUT2D eigenvalue weighted by molar-refractivity contribution is -0.120. The average Bonchev–Trinajstić information content (AvgIpc) is 2.50. The number of hydrogen-bond donors (Lipinski definition) is 2. The second-order valence-corrected chi connectivity index (χ2v) is 4.70. The fourth-order valence-electron chi connectivity index (χ4n) is 1.91. The molecule has 0 aliphatic carbocycles. The van der Waals surface area contributed by atoms with Gasteiger partial charge in [0.05, 0.1) is 19.2 Å². The summed E-state index contributed by atoms with van der Waals surface area (Å²) in [6, 6.07) is 5.91. The van der Waals surface area contributed by atoms with Crippen molar-refractivity contribution in [1.82, 2.24) is 10.2 Å². The van der Waals surface area contributed by atoms with Crippen LogP contribution in [0.15, 0.2) is 18.2 Å². The first-order valence-electron chi connectivity index (χ1n) is 6.85. The quantitative estimate of drug-likeness (QED) is 0.752. The summed E-state index contributed by atoms with van der Waals surface area (Å²) in [7, 11) is 5.25.